The number of methoxy groups -OCH3 is 2. The smallest absolute Gasteiger partial charge is 0.298 e. The van der Waals surface area contributed by atoms with Gasteiger partial charge in [-0.1, -0.05) is 0 Å². The van der Waals surface area contributed by atoms with E-state index in [1.54, 1.807) is 6.07 Å². The maximum atomic E-state index is 12.5. The topological polar surface area (TPSA) is 157 Å². The third-order valence-corrected chi connectivity index (χ3v) is 7.86. The lowest BCUT2D eigenvalue weighted by Gasteiger charge is -2.37. The molecule has 0 radical (unpaired) electrons. The molecule has 35 heavy (non-hydrogen) atoms. The Kier molecular flexibility index (Phi) is 10.3. The number of likely N-dealkylation sites (tertiary alicyclic amines) is 1. The van der Waals surface area contributed by atoms with Crippen LogP contribution < -0.4 is 14.8 Å². The number of amides is 1. The Hall–Kier alpha value is -1.97. The first-order valence-electron chi connectivity index (χ1n) is 11.1. The molecule has 3 rings (SSSR count). The Morgan fingerprint density at radius 2 is 1.71 bits per heavy atom. The van der Waals surface area contributed by atoms with Gasteiger partial charge >= 0.3 is 0 Å². The van der Waals surface area contributed by atoms with E-state index in [4.69, 9.17) is 13.7 Å². The van der Waals surface area contributed by atoms with Gasteiger partial charge in [-0.05, 0) is 30.9 Å². The van der Waals surface area contributed by atoms with E-state index in [1.165, 1.54) is 52.6 Å². The standard InChI is InChI=1S/C20H30N2O6S.CH4O4S/c1-22(9-5-4-6-10-22)11-7-8-21-20(23)18-13-15-12-16(26-2)17(27-3)14-19(15)29(24,25)28-18;1-5-6(2,3)4/h12,14,18H,4-11,13H2,1-3H3;1H3,(H,2,3,4). The molecule has 0 aromatic heterocycles. The highest BCUT2D eigenvalue weighted by atomic mass is 32.3. The van der Waals surface area contributed by atoms with Gasteiger partial charge in [0.05, 0.1) is 48.0 Å². The summed E-state index contributed by atoms with van der Waals surface area (Å²) in [5.41, 5.74) is 0.487. The lowest BCUT2D eigenvalue weighted by molar-refractivity contribution is -0.914. The molecule has 1 amide bonds. The molecule has 1 aromatic carbocycles. The number of rotatable bonds is 8. The van der Waals surface area contributed by atoms with E-state index in [9.17, 15) is 26.2 Å². The number of hydrogen-bond acceptors (Lipinski definition) is 10. The minimum absolute atomic E-state index is 0.0155. The van der Waals surface area contributed by atoms with Crippen molar-refractivity contribution in [3.8, 4) is 11.5 Å². The lowest BCUT2D eigenvalue weighted by atomic mass is 10.1. The summed E-state index contributed by atoms with van der Waals surface area (Å²) in [5.74, 6) is 0.312. The second-order valence-corrected chi connectivity index (χ2v) is 11.3. The quantitative estimate of drug-likeness (QED) is 0.163. The van der Waals surface area contributed by atoms with E-state index in [0.717, 1.165) is 24.6 Å². The molecule has 1 atom stereocenters. The average Bonchev–Trinajstić information content (AvgIpc) is 2.80. The molecule has 1 fully saturated rings. The summed E-state index contributed by atoms with van der Waals surface area (Å²) in [6.45, 7) is 3.87. The van der Waals surface area contributed by atoms with Crippen LogP contribution >= 0.6 is 0 Å². The summed E-state index contributed by atoms with van der Waals surface area (Å²) in [5, 5.41) is 2.83. The minimum Gasteiger partial charge on any atom is -0.726 e. The van der Waals surface area contributed by atoms with Gasteiger partial charge in [-0.2, -0.15) is 8.42 Å². The zero-order valence-corrected chi connectivity index (χ0v) is 22.1. The van der Waals surface area contributed by atoms with Crippen LogP contribution in [-0.4, -0.2) is 92.4 Å². The highest BCUT2D eigenvalue weighted by Crippen LogP contribution is 2.37. The SMILES string of the molecule is COS(=O)(=O)[O-].COc1cc2c(cc1OC)S(=O)(=O)OC(C(=O)NCCC[N+]1(C)CCCCC1)C2. The molecule has 0 spiro atoms. The van der Waals surface area contributed by atoms with Crippen LogP contribution in [0, 0.1) is 0 Å². The number of fused-ring (bicyclic) bond motifs is 1. The second-order valence-electron chi connectivity index (χ2n) is 8.63. The Morgan fingerprint density at radius 1 is 1.14 bits per heavy atom. The van der Waals surface area contributed by atoms with E-state index in [-0.39, 0.29) is 11.3 Å². The van der Waals surface area contributed by atoms with Crippen LogP contribution in [-0.2, 0) is 40.1 Å². The van der Waals surface area contributed by atoms with Crippen LogP contribution in [0.15, 0.2) is 17.0 Å². The van der Waals surface area contributed by atoms with Crippen molar-refractivity contribution in [2.75, 3.05) is 54.6 Å². The van der Waals surface area contributed by atoms with Gasteiger partial charge in [-0.25, -0.2) is 8.42 Å². The van der Waals surface area contributed by atoms with E-state index in [0.29, 0.717) is 23.6 Å². The van der Waals surface area contributed by atoms with Crippen molar-refractivity contribution in [1.29, 1.82) is 0 Å². The third-order valence-electron chi connectivity index (χ3n) is 6.05. The molecule has 1 N–H and O–H groups in total. The predicted molar refractivity (Wildman–Crippen MR) is 124 cm³/mol. The van der Waals surface area contributed by atoms with Crippen LogP contribution in [0.3, 0.4) is 0 Å². The molecule has 2 aliphatic heterocycles. The van der Waals surface area contributed by atoms with Crippen molar-refractivity contribution in [1.82, 2.24) is 5.32 Å². The fourth-order valence-corrected chi connectivity index (χ4v) is 5.43. The van der Waals surface area contributed by atoms with Crippen molar-refractivity contribution in [3.63, 3.8) is 0 Å². The maximum absolute atomic E-state index is 12.5. The first kappa shape index (κ1) is 29.3. The average molecular weight is 539 g/mol. The lowest BCUT2D eigenvalue weighted by Crippen LogP contribution is -2.49. The van der Waals surface area contributed by atoms with Gasteiger partial charge in [0.15, 0.2) is 17.6 Å². The number of quaternary nitrogens is 1. The molecular weight excluding hydrogens is 504 g/mol. The minimum atomic E-state index is -4.41. The number of carbonyl (C=O) groups is 1. The first-order valence-corrected chi connectivity index (χ1v) is 13.9. The first-order chi connectivity index (χ1) is 16.3. The summed E-state index contributed by atoms with van der Waals surface area (Å²) >= 11 is 0. The summed E-state index contributed by atoms with van der Waals surface area (Å²) in [7, 11) is -2.48. The van der Waals surface area contributed by atoms with Crippen LogP contribution in [0.1, 0.15) is 31.2 Å². The third kappa shape index (κ3) is 8.58. The molecule has 1 aromatic rings. The fraction of sp³-hybridized carbons (Fsp3) is 0.667. The summed E-state index contributed by atoms with van der Waals surface area (Å²) < 4.78 is 72.7. The van der Waals surface area contributed by atoms with Gasteiger partial charge in [-0.3, -0.25) is 13.2 Å². The van der Waals surface area contributed by atoms with Gasteiger partial charge in [0.2, 0.25) is 10.4 Å². The highest BCUT2D eigenvalue weighted by Gasteiger charge is 2.36. The van der Waals surface area contributed by atoms with Crippen molar-refractivity contribution >= 4 is 26.4 Å². The van der Waals surface area contributed by atoms with Crippen molar-refractivity contribution in [2.45, 2.75) is 43.1 Å². The van der Waals surface area contributed by atoms with Gasteiger partial charge in [-0.15, -0.1) is 0 Å². The van der Waals surface area contributed by atoms with Gasteiger partial charge < -0.3 is 23.8 Å². The number of carbonyl (C=O) groups excluding carboxylic acids is 1. The van der Waals surface area contributed by atoms with E-state index >= 15 is 0 Å². The van der Waals surface area contributed by atoms with Gasteiger partial charge in [0.25, 0.3) is 16.0 Å². The number of ether oxygens (including phenoxy) is 2. The molecule has 14 heteroatoms. The fourth-order valence-electron chi connectivity index (χ4n) is 4.16. The number of benzene rings is 1. The highest BCUT2D eigenvalue weighted by molar-refractivity contribution is 7.87. The molecule has 12 nitrogen and oxygen atoms in total. The Balaban J connectivity index is 0.000000641. The monoisotopic (exact) mass is 538 g/mol. The molecule has 1 saturated heterocycles. The summed E-state index contributed by atoms with van der Waals surface area (Å²) in [4.78, 5) is 12.6. The van der Waals surface area contributed by atoms with Crippen LogP contribution in [0.25, 0.3) is 0 Å². The Bertz CT molecular complexity index is 1080. The van der Waals surface area contributed by atoms with Crippen LogP contribution in [0.2, 0.25) is 0 Å². The van der Waals surface area contributed by atoms with Gasteiger partial charge in [0.1, 0.15) is 4.90 Å². The number of hydrogen-bond donors (Lipinski definition) is 1. The van der Waals surface area contributed by atoms with Crippen molar-refractivity contribution in [3.05, 3.63) is 17.7 Å². The number of nitrogens with one attached hydrogen (secondary N) is 1. The summed E-state index contributed by atoms with van der Waals surface area (Å²) in [6.07, 6.45) is 3.74. The molecule has 0 aliphatic carbocycles. The summed E-state index contributed by atoms with van der Waals surface area (Å²) in [6, 6.07) is 2.97. The Morgan fingerprint density at radius 3 is 2.26 bits per heavy atom. The molecule has 0 bridgehead atoms. The molecule has 2 heterocycles. The van der Waals surface area contributed by atoms with Gasteiger partial charge in [0, 0.05) is 25.5 Å². The van der Waals surface area contributed by atoms with Crippen molar-refractivity contribution in [2.24, 2.45) is 0 Å². The predicted octanol–water partition coefficient (Wildman–Crippen LogP) is 0.564. The maximum Gasteiger partial charge on any atom is 0.298 e. The Labute approximate surface area is 207 Å². The molecule has 0 saturated carbocycles. The van der Waals surface area contributed by atoms with Crippen molar-refractivity contribution < 1.29 is 48.5 Å². The van der Waals surface area contributed by atoms with Crippen LogP contribution in [0.5, 0.6) is 11.5 Å². The second kappa shape index (κ2) is 12.3. The molecular formula is C21H34N2O10S2. The number of piperidine rings is 1. The zero-order valence-electron chi connectivity index (χ0n) is 20.4. The largest absolute Gasteiger partial charge is 0.726 e. The number of nitrogens with zero attached hydrogens (tertiary/aromatic N) is 1. The van der Waals surface area contributed by atoms with E-state index in [1.807, 2.05) is 0 Å². The molecule has 1 unspecified atom stereocenters. The van der Waals surface area contributed by atoms with Crippen LogP contribution in [0.4, 0.5) is 0 Å². The normalized spacial score (nSPS) is 20.5. The zero-order chi connectivity index (χ0) is 26.3. The van der Waals surface area contributed by atoms with E-state index in [2.05, 4.69) is 16.5 Å². The van der Waals surface area contributed by atoms with E-state index < -0.39 is 32.5 Å². The molecule has 200 valence electrons. The molecule has 2 aliphatic rings.